The molecule has 1 spiro atoms. The normalized spacial score (nSPS) is 41.0. The van der Waals surface area contributed by atoms with E-state index in [0.717, 1.165) is 0 Å². The Morgan fingerprint density at radius 1 is 1.38 bits per heavy atom. The summed E-state index contributed by atoms with van der Waals surface area (Å²) < 4.78 is 17.0. The van der Waals surface area contributed by atoms with Gasteiger partial charge in [-0.1, -0.05) is 0 Å². The average molecular weight is 340 g/mol. The summed E-state index contributed by atoms with van der Waals surface area (Å²) in [6.45, 7) is 6.26. The minimum Gasteiger partial charge on any atom is -0.461 e. The van der Waals surface area contributed by atoms with Crippen molar-refractivity contribution in [3.05, 3.63) is 11.1 Å². The largest absolute Gasteiger partial charge is 0.461 e. The molecule has 134 valence electrons. The number of esters is 1. The first-order valence-corrected chi connectivity index (χ1v) is 8.16. The Morgan fingerprint density at radius 3 is 2.58 bits per heavy atom. The highest BCUT2D eigenvalue weighted by Gasteiger charge is 2.63. The van der Waals surface area contributed by atoms with Crippen LogP contribution in [-0.4, -0.2) is 57.8 Å². The van der Waals surface area contributed by atoms with Crippen LogP contribution < -0.4 is 0 Å². The van der Waals surface area contributed by atoms with Crippen LogP contribution in [0.4, 0.5) is 0 Å². The molecule has 2 aliphatic heterocycles. The number of carbonyl (C=O) groups excluding carboxylic acids is 2. The summed E-state index contributed by atoms with van der Waals surface area (Å²) in [6, 6.07) is 0. The second-order valence-electron chi connectivity index (χ2n) is 7.70. The Labute approximate surface area is 140 Å². The molecule has 0 aromatic heterocycles. The number of ketones is 1. The van der Waals surface area contributed by atoms with E-state index in [0.29, 0.717) is 24.0 Å². The number of rotatable bonds is 2. The Bertz CT molecular complexity index is 618. The van der Waals surface area contributed by atoms with Crippen molar-refractivity contribution in [3.8, 4) is 0 Å². The molecule has 0 aromatic rings. The molecule has 7 nitrogen and oxygen atoms in total. The van der Waals surface area contributed by atoms with Gasteiger partial charge in [0, 0.05) is 18.9 Å². The van der Waals surface area contributed by atoms with Crippen LogP contribution in [-0.2, 0) is 23.8 Å². The van der Waals surface area contributed by atoms with Crippen LogP contribution >= 0.6 is 0 Å². The summed E-state index contributed by atoms with van der Waals surface area (Å²) in [7, 11) is 0. The molecular weight excluding hydrogens is 316 g/mol. The summed E-state index contributed by atoms with van der Waals surface area (Å²) in [6.07, 6.45) is -1.13. The van der Waals surface area contributed by atoms with E-state index in [2.05, 4.69) is 0 Å². The summed E-state index contributed by atoms with van der Waals surface area (Å²) in [5.41, 5.74) is -0.905. The first kappa shape index (κ1) is 17.5. The molecule has 1 saturated carbocycles. The molecule has 1 aliphatic carbocycles. The minimum absolute atomic E-state index is 0.127. The fourth-order valence-electron chi connectivity index (χ4n) is 3.78. The fourth-order valence-corrected chi connectivity index (χ4v) is 3.78. The number of carbonyl (C=O) groups is 2. The topological polar surface area (TPSA) is 102 Å². The molecule has 0 aromatic carbocycles. The molecule has 0 radical (unpaired) electrons. The Kier molecular flexibility index (Phi) is 3.92. The molecule has 2 heterocycles. The van der Waals surface area contributed by atoms with Gasteiger partial charge in [-0.25, -0.2) is 0 Å². The molecule has 7 heteroatoms. The lowest BCUT2D eigenvalue weighted by molar-refractivity contribution is -0.244. The van der Waals surface area contributed by atoms with Crippen molar-refractivity contribution in [2.75, 3.05) is 6.61 Å². The predicted octanol–water partition coefficient (Wildman–Crippen LogP) is 0.615. The number of ether oxygens (including phenoxy) is 3. The molecule has 3 rings (SSSR count). The molecule has 2 fully saturated rings. The van der Waals surface area contributed by atoms with Gasteiger partial charge in [0.1, 0.15) is 18.8 Å². The average Bonchev–Trinajstić information content (AvgIpc) is 2.86. The lowest BCUT2D eigenvalue weighted by atomic mass is 9.78. The molecule has 2 N–H and O–H groups in total. The smallest absolute Gasteiger partial charge is 0.302 e. The number of aliphatic hydroxyl groups excluding tert-OH is 1. The number of fused-ring (bicyclic) bond motifs is 1. The van der Waals surface area contributed by atoms with E-state index in [-0.39, 0.29) is 18.8 Å². The fraction of sp³-hybridized carbons (Fsp3) is 0.765. The van der Waals surface area contributed by atoms with Crippen molar-refractivity contribution >= 4 is 11.8 Å². The van der Waals surface area contributed by atoms with Crippen LogP contribution in [0.5, 0.6) is 0 Å². The second-order valence-corrected chi connectivity index (χ2v) is 7.70. The summed E-state index contributed by atoms with van der Waals surface area (Å²) >= 11 is 0. The standard InChI is InChI=1S/C17H24O7/c1-9(18)22-8-11-10-5-6-16(4,21)14(20)13(10)23-17(11)12(19)7-15(2,3)24-17/h13-14,20-21H,5-8H2,1-4H3/t13-,14+,16-,17+/m0/s1. The third kappa shape index (κ3) is 2.60. The van der Waals surface area contributed by atoms with Crippen molar-refractivity contribution in [2.24, 2.45) is 0 Å². The van der Waals surface area contributed by atoms with Crippen molar-refractivity contribution < 1.29 is 34.0 Å². The highest BCUT2D eigenvalue weighted by molar-refractivity contribution is 5.93. The molecule has 24 heavy (non-hydrogen) atoms. The van der Waals surface area contributed by atoms with Crippen molar-refractivity contribution in [3.63, 3.8) is 0 Å². The van der Waals surface area contributed by atoms with Crippen LogP contribution in [0.15, 0.2) is 11.1 Å². The van der Waals surface area contributed by atoms with Gasteiger partial charge in [0.05, 0.1) is 11.2 Å². The first-order valence-electron chi connectivity index (χ1n) is 8.16. The molecule has 1 saturated heterocycles. The lowest BCUT2D eigenvalue weighted by Gasteiger charge is -2.39. The number of hydrogen-bond donors (Lipinski definition) is 2. The lowest BCUT2D eigenvalue weighted by Crippen LogP contribution is -2.52. The van der Waals surface area contributed by atoms with Crippen molar-refractivity contribution in [2.45, 2.75) is 76.2 Å². The second kappa shape index (κ2) is 5.36. The quantitative estimate of drug-likeness (QED) is 0.561. The number of hydrogen-bond acceptors (Lipinski definition) is 7. The SMILES string of the molecule is CC(=O)OCC1=C2CC[C@](C)(O)[C@H](O)[C@H]2O[C@@]12OC(C)(C)CC2=O. The van der Waals surface area contributed by atoms with Crippen LogP contribution in [0.25, 0.3) is 0 Å². The zero-order valence-electron chi connectivity index (χ0n) is 14.4. The van der Waals surface area contributed by atoms with Crippen LogP contribution in [0.1, 0.15) is 47.0 Å². The third-order valence-corrected chi connectivity index (χ3v) is 5.04. The maximum Gasteiger partial charge on any atom is 0.302 e. The summed E-state index contributed by atoms with van der Waals surface area (Å²) in [4.78, 5) is 24.0. The Balaban J connectivity index is 2.03. The van der Waals surface area contributed by atoms with Gasteiger partial charge in [-0.05, 0) is 39.2 Å². The third-order valence-electron chi connectivity index (χ3n) is 5.04. The number of aliphatic hydroxyl groups is 2. The molecule has 4 atom stereocenters. The minimum atomic E-state index is -1.64. The van der Waals surface area contributed by atoms with E-state index in [1.165, 1.54) is 13.8 Å². The van der Waals surface area contributed by atoms with E-state index in [9.17, 15) is 19.8 Å². The van der Waals surface area contributed by atoms with E-state index in [1.54, 1.807) is 13.8 Å². The number of Topliss-reactive ketones (excluding diaryl/α,β-unsaturated/α-hetero) is 1. The van der Waals surface area contributed by atoms with E-state index < -0.39 is 35.2 Å². The Morgan fingerprint density at radius 2 is 2.04 bits per heavy atom. The van der Waals surface area contributed by atoms with Gasteiger partial charge < -0.3 is 24.4 Å². The van der Waals surface area contributed by atoms with Crippen molar-refractivity contribution in [1.82, 2.24) is 0 Å². The van der Waals surface area contributed by atoms with Gasteiger partial charge in [-0.3, -0.25) is 9.59 Å². The molecule has 0 amide bonds. The molecule has 3 aliphatic rings. The monoisotopic (exact) mass is 340 g/mol. The summed E-state index contributed by atoms with van der Waals surface area (Å²) in [5.74, 6) is -2.38. The van der Waals surface area contributed by atoms with Gasteiger partial charge >= 0.3 is 5.97 Å². The van der Waals surface area contributed by atoms with Crippen LogP contribution in [0.2, 0.25) is 0 Å². The maximum atomic E-state index is 12.7. The van der Waals surface area contributed by atoms with E-state index >= 15 is 0 Å². The highest BCUT2D eigenvalue weighted by atomic mass is 16.7. The summed E-state index contributed by atoms with van der Waals surface area (Å²) in [5, 5.41) is 20.8. The van der Waals surface area contributed by atoms with Crippen molar-refractivity contribution in [1.29, 1.82) is 0 Å². The first-order chi connectivity index (χ1) is 11.0. The maximum absolute atomic E-state index is 12.7. The van der Waals surface area contributed by atoms with Crippen LogP contribution in [0.3, 0.4) is 0 Å². The Hall–Kier alpha value is -1.28. The van der Waals surface area contributed by atoms with E-state index in [4.69, 9.17) is 14.2 Å². The molecule has 0 unspecified atom stereocenters. The zero-order chi connectivity index (χ0) is 17.9. The van der Waals surface area contributed by atoms with Gasteiger partial charge in [-0.2, -0.15) is 0 Å². The zero-order valence-corrected chi connectivity index (χ0v) is 14.4. The van der Waals surface area contributed by atoms with Crippen LogP contribution in [0, 0.1) is 0 Å². The highest BCUT2D eigenvalue weighted by Crippen LogP contribution is 2.51. The predicted molar refractivity (Wildman–Crippen MR) is 81.9 cm³/mol. The van der Waals surface area contributed by atoms with Gasteiger partial charge in [0.15, 0.2) is 5.78 Å². The van der Waals surface area contributed by atoms with Gasteiger partial charge in [0.2, 0.25) is 0 Å². The molecular formula is C17H24O7. The van der Waals surface area contributed by atoms with Gasteiger partial charge in [-0.15, -0.1) is 0 Å². The van der Waals surface area contributed by atoms with Gasteiger partial charge in [0.25, 0.3) is 5.79 Å². The molecule has 0 bridgehead atoms. The van der Waals surface area contributed by atoms with E-state index in [1.807, 2.05) is 0 Å².